The summed E-state index contributed by atoms with van der Waals surface area (Å²) in [5, 5.41) is 2.93. The van der Waals surface area contributed by atoms with Gasteiger partial charge in [-0.1, -0.05) is 36.8 Å². The highest BCUT2D eigenvalue weighted by Crippen LogP contribution is 2.12. The highest BCUT2D eigenvalue weighted by molar-refractivity contribution is 7.98. The number of carbonyl (C=O) groups excluding carboxylic acids is 1. The van der Waals surface area contributed by atoms with Gasteiger partial charge in [-0.2, -0.15) is 11.8 Å². The van der Waals surface area contributed by atoms with Crippen molar-refractivity contribution < 1.29 is 4.79 Å². The van der Waals surface area contributed by atoms with Crippen molar-refractivity contribution in [2.45, 2.75) is 31.7 Å². The zero-order valence-electron chi connectivity index (χ0n) is 11.6. The molecule has 0 saturated heterocycles. The Morgan fingerprint density at radius 2 is 2.00 bits per heavy atom. The molecule has 0 spiro atoms. The molecule has 0 heterocycles. The molecule has 0 bridgehead atoms. The van der Waals surface area contributed by atoms with Crippen LogP contribution in [0.2, 0.25) is 0 Å². The largest absolute Gasteiger partial charge is 0.356 e. The number of rotatable bonds is 9. The van der Waals surface area contributed by atoms with E-state index in [4.69, 9.17) is 5.73 Å². The lowest BCUT2D eigenvalue weighted by Crippen LogP contribution is -2.28. The Hall–Kier alpha value is -1.00. The van der Waals surface area contributed by atoms with Gasteiger partial charge in [0.25, 0.3) is 0 Å². The zero-order valence-corrected chi connectivity index (χ0v) is 12.4. The van der Waals surface area contributed by atoms with Gasteiger partial charge in [0.05, 0.1) is 0 Å². The first kappa shape index (κ1) is 16.1. The van der Waals surface area contributed by atoms with Gasteiger partial charge in [-0.05, 0) is 30.4 Å². The van der Waals surface area contributed by atoms with Crippen molar-refractivity contribution in [3.05, 3.63) is 35.9 Å². The molecule has 3 N–H and O–H groups in total. The van der Waals surface area contributed by atoms with Crippen LogP contribution >= 0.6 is 11.8 Å². The maximum atomic E-state index is 11.7. The average molecular weight is 280 g/mol. The van der Waals surface area contributed by atoms with Gasteiger partial charge in [0.2, 0.25) is 5.91 Å². The van der Waals surface area contributed by atoms with Gasteiger partial charge < -0.3 is 11.1 Å². The molecular formula is C15H24N2OS. The Labute approximate surface area is 120 Å². The molecule has 1 aromatic carbocycles. The molecular weight excluding hydrogens is 256 g/mol. The Kier molecular flexibility index (Phi) is 8.34. The zero-order chi connectivity index (χ0) is 13.9. The summed E-state index contributed by atoms with van der Waals surface area (Å²) in [7, 11) is 0. The van der Waals surface area contributed by atoms with E-state index < -0.39 is 0 Å². The standard InChI is InChI=1S/C15H24N2OS/c1-19-11-7-3-6-10-17-15(18)12-14(16)13-8-4-2-5-9-13/h2,4-5,8-9,14H,3,6-7,10-12,16H2,1H3,(H,17,18). The smallest absolute Gasteiger partial charge is 0.221 e. The first-order valence-electron chi connectivity index (χ1n) is 6.80. The second-order valence-electron chi connectivity index (χ2n) is 4.62. The summed E-state index contributed by atoms with van der Waals surface area (Å²) in [6.07, 6.45) is 5.92. The summed E-state index contributed by atoms with van der Waals surface area (Å²) >= 11 is 1.87. The highest BCUT2D eigenvalue weighted by Gasteiger charge is 2.10. The van der Waals surface area contributed by atoms with Gasteiger partial charge >= 0.3 is 0 Å². The van der Waals surface area contributed by atoms with Crippen LogP contribution in [0.5, 0.6) is 0 Å². The van der Waals surface area contributed by atoms with Gasteiger partial charge in [-0.3, -0.25) is 4.79 Å². The molecule has 1 amide bonds. The monoisotopic (exact) mass is 280 g/mol. The Balaban J connectivity index is 2.14. The molecule has 0 radical (unpaired) electrons. The van der Waals surface area contributed by atoms with E-state index in [0.29, 0.717) is 6.42 Å². The Bertz CT molecular complexity index is 356. The number of unbranched alkanes of at least 4 members (excludes halogenated alkanes) is 2. The first-order chi connectivity index (χ1) is 9.24. The molecule has 1 atom stereocenters. The number of benzene rings is 1. The number of amides is 1. The third-order valence-electron chi connectivity index (χ3n) is 2.98. The number of hydrogen-bond acceptors (Lipinski definition) is 3. The normalized spacial score (nSPS) is 12.1. The molecule has 19 heavy (non-hydrogen) atoms. The van der Waals surface area contributed by atoms with E-state index in [1.54, 1.807) is 0 Å². The van der Waals surface area contributed by atoms with Crippen LogP contribution in [0.1, 0.15) is 37.3 Å². The van der Waals surface area contributed by atoms with Crippen molar-refractivity contribution in [3.63, 3.8) is 0 Å². The van der Waals surface area contributed by atoms with E-state index in [1.807, 2.05) is 42.1 Å². The maximum Gasteiger partial charge on any atom is 0.221 e. The van der Waals surface area contributed by atoms with Gasteiger partial charge in [-0.25, -0.2) is 0 Å². The van der Waals surface area contributed by atoms with Crippen LogP contribution in [0.4, 0.5) is 0 Å². The van der Waals surface area contributed by atoms with Crippen molar-refractivity contribution in [1.82, 2.24) is 5.32 Å². The van der Waals surface area contributed by atoms with Crippen LogP contribution in [0.25, 0.3) is 0 Å². The van der Waals surface area contributed by atoms with Gasteiger partial charge in [0.1, 0.15) is 0 Å². The van der Waals surface area contributed by atoms with Crippen LogP contribution < -0.4 is 11.1 Å². The summed E-state index contributed by atoms with van der Waals surface area (Å²) in [4.78, 5) is 11.7. The second-order valence-corrected chi connectivity index (χ2v) is 5.61. The van der Waals surface area contributed by atoms with E-state index in [2.05, 4.69) is 11.6 Å². The minimum atomic E-state index is -0.210. The number of hydrogen-bond donors (Lipinski definition) is 2. The molecule has 1 unspecified atom stereocenters. The molecule has 4 heteroatoms. The van der Waals surface area contributed by atoms with Crippen LogP contribution in [0.3, 0.4) is 0 Å². The average Bonchev–Trinajstić information content (AvgIpc) is 2.43. The topological polar surface area (TPSA) is 55.1 Å². The molecule has 1 aromatic rings. The number of thioether (sulfide) groups is 1. The predicted octanol–water partition coefficient (Wildman–Crippen LogP) is 2.73. The lowest BCUT2D eigenvalue weighted by Gasteiger charge is -2.12. The fourth-order valence-electron chi connectivity index (χ4n) is 1.87. The van der Waals surface area contributed by atoms with Crippen molar-refractivity contribution in [2.75, 3.05) is 18.6 Å². The highest BCUT2D eigenvalue weighted by atomic mass is 32.2. The van der Waals surface area contributed by atoms with E-state index in [9.17, 15) is 4.79 Å². The molecule has 0 fully saturated rings. The molecule has 1 rings (SSSR count). The summed E-state index contributed by atoms with van der Waals surface area (Å²) in [5.41, 5.74) is 7.01. The quantitative estimate of drug-likeness (QED) is 0.684. The summed E-state index contributed by atoms with van der Waals surface area (Å²) in [6.45, 7) is 0.759. The first-order valence-corrected chi connectivity index (χ1v) is 8.19. The van der Waals surface area contributed by atoms with Crippen LogP contribution in [0, 0.1) is 0 Å². The Morgan fingerprint density at radius 1 is 1.26 bits per heavy atom. The SMILES string of the molecule is CSCCCCCNC(=O)CC(N)c1ccccc1. The number of nitrogens with one attached hydrogen (secondary N) is 1. The second kappa shape index (κ2) is 9.87. The number of nitrogens with two attached hydrogens (primary N) is 1. The lowest BCUT2D eigenvalue weighted by molar-refractivity contribution is -0.121. The molecule has 0 aromatic heterocycles. The van der Waals surface area contributed by atoms with Crippen LogP contribution in [0.15, 0.2) is 30.3 Å². The van der Waals surface area contributed by atoms with Gasteiger partial charge in [0.15, 0.2) is 0 Å². The molecule has 0 aliphatic heterocycles. The molecule has 0 aliphatic rings. The maximum absolute atomic E-state index is 11.7. The minimum absolute atomic E-state index is 0.0428. The predicted molar refractivity (Wildman–Crippen MR) is 83.2 cm³/mol. The van der Waals surface area contributed by atoms with Crippen molar-refractivity contribution in [3.8, 4) is 0 Å². The third kappa shape index (κ3) is 7.23. The minimum Gasteiger partial charge on any atom is -0.356 e. The third-order valence-corrected chi connectivity index (χ3v) is 3.68. The summed E-state index contributed by atoms with van der Waals surface area (Å²) < 4.78 is 0. The molecule has 0 saturated carbocycles. The van der Waals surface area contributed by atoms with Crippen LogP contribution in [-0.2, 0) is 4.79 Å². The molecule has 106 valence electrons. The van der Waals surface area contributed by atoms with E-state index >= 15 is 0 Å². The van der Waals surface area contributed by atoms with E-state index in [0.717, 1.165) is 18.5 Å². The molecule has 3 nitrogen and oxygen atoms in total. The van der Waals surface area contributed by atoms with E-state index in [1.165, 1.54) is 18.6 Å². The summed E-state index contributed by atoms with van der Waals surface area (Å²) in [5.74, 6) is 1.24. The van der Waals surface area contributed by atoms with Gasteiger partial charge in [-0.15, -0.1) is 0 Å². The fourth-order valence-corrected chi connectivity index (χ4v) is 2.36. The van der Waals surface area contributed by atoms with Crippen molar-refractivity contribution in [2.24, 2.45) is 5.73 Å². The van der Waals surface area contributed by atoms with Gasteiger partial charge in [0, 0.05) is 19.0 Å². The van der Waals surface area contributed by atoms with Crippen molar-refractivity contribution >= 4 is 17.7 Å². The fraction of sp³-hybridized carbons (Fsp3) is 0.533. The van der Waals surface area contributed by atoms with Crippen molar-refractivity contribution in [1.29, 1.82) is 0 Å². The summed E-state index contributed by atoms with van der Waals surface area (Å²) in [6, 6.07) is 9.54. The Morgan fingerprint density at radius 3 is 2.68 bits per heavy atom. The van der Waals surface area contributed by atoms with E-state index in [-0.39, 0.29) is 11.9 Å². The molecule has 0 aliphatic carbocycles. The lowest BCUT2D eigenvalue weighted by atomic mass is 10.0. The van der Waals surface area contributed by atoms with Crippen LogP contribution in [-0.4, -0.2) is 24.5 Å². The number of carbonyl (C=O) groups is 1.